The Kier molecular flexibility index (Phi) is 4.71. The van der Waals surface area contributed by atoms with Crippen molar-refractivity contribution in [2.24, 2.45) is 0 Å². The second-order valence-corrected chi connectivity index (χ2v) is 3.84. The minimum Gasteiger partial charge on any atom is -0.493 e. The van der Waals surface area contributed by atoms with E-state index in [1.54, 1.807) is 13.8 Å². The zero-order valence-corrected chi connectivity index (χ0v) is 9.48. The summed E-state index contributed by atoms with van der Waals surface area (Å²) in [5.41, 5.74) is 0.422. The van der Waals surface area contributed by atoms with Crippen molar-refractivity contribution < 1.29 is 19.3 Å². The minimum absolute atomic E-state index is 0.336. The standard InChI is InChI=1S/C12H17FO3/c1-8(14)5-6-16-12-4-3-10(13)7-11(12)9(2)15/h3-4,7-9,14-15H,5-6H2,1-2H3/t8?,9-/m0/s1. The smallest absolute Gasteiger partial charge is 0.125 e. The van der Waals surface area contributed by atoms with E-state index in [0.717, 1.165) is 0 Å². The molecule has 1 rings (SSSR count). The van der Waals surface area contributed by atoms with Crippen LogP contribution in [0.2, 0.25) is 0 Å². The summed E-state index contributed by atoms with van der Waals surface area (Å²) < 4.78 is 18.3. The van der Waals surface area contributed by atoms with E-state index >= 15 is 0 Å². The molecule has 0 aromatic heterocycles. The Morgan fingerprint density at radius 1 is 1.31 bits per heavy atom. The number of aliphatic hydroxyl groups is 2. The van der Waals surface area contributed by atoms with Crippen LogP contribution in [-0.4, -0.2) is 22.9 Å². The molecule has 0 aliphatic rings. The van der Waals surface area contributed by atoms with E-state index in [0.29, 0.717) is 24.3 Å². The summed E-state index contributed by atoms with van der Waals surface area (Å²) in [5.74, 6) is 0.0517. The van der Waals surface area contributed by atoms with Crippen molar-refractivity contribution in [2.75, 3.05) is 6.61 Å². The highest BCUT2D eigenvalue weighted by Crippen LogP contribution is 2.26. The second-order valence-electron chi connectivity index (χ2n) is 3.84. The first-order valence-electron chi connectivity index (χ1n) is 5.29. The number of hydrogen-bond acceptors (Lipinski definition) is 3. The number of rotatable bonds is 5. The molecule has 0 saturated heterocycles. The van der Waals surface area contributed by atoms with Crippen LogP contribution in [0.4, 0.5) is 4.39 Å². The van der Waals surface area contributed by atoms with Crippen LogP contribution in [0.3, 0.4) is 0 Å². The molecule has 1 aromatic carbocycles. The predicted molar refractivity (Wildman–Crippen MR) is 58.8 cm³/mol. The SMILES string of the molecule is CC(O)CCOc1ccc(F)cc1[C@H](C)O. The minimum atomic E-state index is -0.780. The van der Waals surface area contributed by atoms with Crippen molar-refractivity contribution in [3.63, 3.8) is 0 Å². The molecule has 4 heteroatoms. The van der Waals surface area contributed by atoms with Gasteiger partial charge < -0.3 is 14.9 Å². The van der Waals surface area contributed by atoms with Gasteiger partial charge in [0.25, 0.3) is 0 Å². The van der Waals surface area contributed by atoms with Gasteiger partial charge in [-0.25, -0.2) is 4.39 Å². The van der Waals surface area contributed by atoms with Gasteiger partial charge in [-0.3, -0.25) is 0 Å². The van der Waals surface area contributed by atoms with Crippen molar-refractivity contribution >= 4 is 0 Å². The lowest BCUT2D eigenvalue weighted by molar-refractivity contribution is 0.151. The molecule has 0 aliphatic heterocycles. The highest BCUT2D eigenvalue weighted by molar-refractivity contribution is 5.35. The third-order valence-corrected chi connectivity index (χ3v) is 2.22. The van der Waals surface area contributed by atoms with Crippen LogP contribution < -0.4 is 4.74 Å². The Labute approximate surface area is 94.5 Å². The van der Waals surface area contributed by atoms with Gasteiger partial charge in [0, 0.05) is 12.0 Å². The van der Waals surface area contributed by atoms with Gasteiger partial charge in [0.05, 0.1) is 18.8 Å². The first-order chi connectivity index (χ1) is 7.50. The number of ether oxygens (including phenoxy) is 1. The Hall–Kier alpha value is -1.13. The third kappa shape index (κ3) is 3.79. The molecule has 0 aliphatic carbocycles. The third-order valence-electron chi connectivity index (χ3n) is 2.22. The van der Waals surface area contributed by atoms with Gasteiger partial charge in [0.1, 0.15) is 11.6 Å². The van der Waals surface area contributed by atoms with Crippen LogP contribution >= 0.6 is 0 Å². The van der Waals surface area contributed by atoms with Gasteiger partial charge in [-0.15, -0.1) is 0 Å². The number of halogens is 1. The molecule has 1 aromatic rings. The summed E-state index contributed by atoms with van der Waals surface area (Å²) in [6, 6.07) is 4.02. The number of hydrogen-bond donors (Lipinski definition) is 2. The van der Waals surface area contributed by atoms with E-state index in [2.05, 4.69) is 0 Å². The number of benzene rings is 1. The van der Waals surface area contributed by atoms with E-state index in [-0.39, 0.29) is 0 Å². The van der Waals surface area contributed by atoms with Gasteiger partial charge in [-0.1, -0.05) is 0 Å². The Morgan fingerprint density at radius 3 is 2.56 bits per heavy atom. The molecule has 0 amide bonds. The van der Waals surface area contributed by atoms with Crippen LogP contribution in [0, 0.1) is 5.82 Å². The summed E-state index contributed by atoms with van der Waals surface area (Å²) in [6.45, 7) is 3.56. The quantitative estimate of drug-likeness (QED) is 0.810. The fraction of sp³-hybridized carbons (Fsp3) is 0.500. The van der Waals surface area contributed by atoms with Crippen LogP contribution in [0.1, 0.15) is 31.9 Å². The average Bonchev–Trinajstić information content (AvgIpc) is 2.19. The molecule has 1 unspecified atom stereocenters. The van der Waals surface area contributed by atoms with Gasteiger partial charge >= 0.3 is 0 Å². The lowest BCUT2D eigenvalue weighted by atomic mass is 10.1. The molecule has 0 saturated carbocycles. The lowest BCUT2D eigenvalue weighted by Gasteiger charge is -2.14. The molecule has 0 heterocycles. The Morgan fingerprint density at radius 2 is 2.00 bits per heavy atom. The number of aliphatic hydroxyl groups excluding tert-OH is 2. The molecule has 0 fully saturated rings. The molecule has 0 radical (unpaired) electrons. The lowest BCUT2D eigenvalue weighted by Crippen LogP contribution is -2.09. The molecule has 90 valence electrons. The summed E-state index contributed by atoms with van der Waals surface area (Å²) >= 11 is 0. The second kappa shape index (κ2) is 5.82. The Balaban J connectivity index is 2.71. The van der Waals surface area contributed by atoms with Gasteiger partial charge in [-0.05, 0) is 32.0 Å². The van der Waals surface area contributed by atoms with Gasteiger partial charge in [-0.2, -0.15) is 0 Å². The predicted octanol–water partition coefficient (Wildman–Crippen LogP) is 2.03. The maximum atomic E-state index is 13.0. The van der Waals surface area contributed by atoms with Crippen LogP contribution in [-0.2, 0) is 0 Å². The van der Waals surface area contributed by atoms with E-state index < -0.39 is 18.0 Å². The summed E-state index contributed by atoms with van der Waals surface area (Å²) in [4.78, 5) is 0. The van der Waals surface area contributed by atoms with Crippen LogP contribution in [0.5, 0.6) is 5.75 Å². The summed E-state index contributed by atoms with van der Waals surface area (Å²) in [5, 5.41) is 18.5. The van der Waals surface area contributed by atoms with E-state index in [1.165, 1.54) is 18.2 Å². The van der Waals surface area contributed by atoms with Crippen LogP contribution in [0.15, 0.2) is 18.2 Å². The van der Waals surface area contributed by atoms with Crippen molar-refractivity contribution in [1.29, 1.82) is 0 Å². The molecular weight excluding hydrogens is 211 g/mol. The van der Waals surface area contributed by atoms with Crippen molar-refractivity contribution in [1.82, 2.24) is 0 Å². The molecule has 3 nitrogen and oxygen atoms in total. The Bertz CT molecular complexity index is 337. The normalized spacial score (nSPS) is 14.6. The van der Waals surface area contributed by atoms with Crippen molar-refractivity contribution in [2.45, 2.75) is 32.5 Å². The largest absolute Gasteiger partial charge is 0.493 e. The molecule has 0 spiro atoms. The van der Waals surface area contributed by atoms with Crippen molar-refractivity contribution in [3.05, 3.63) is 29.6 Å². The zero-order valence-electron chi connectivity index (χ0n) is 9.48. The zero-order chi connectivity index (χ0) is 12.1. The molecule has 0 bridgehead atoms. The monoisotopic (exact) mass is 228 g/mol. The fourth-order valence-electron chi connectivity index (χ4n) is 1.32. The topological polar surface area (TPSA) is 49.7 Å². The first kappa shape index (κ1) is 12.9. The summed E-state index contributed by atoms with van der Waals surface area (Å²) in [7, 11) is 0. The summed E-state index contributed by atoms with van der Waals surface area (Å²) in [6.07, 6.45) is -0.718. The molecule has 16 heavy (non-hydrogen) atoms. The van der Waals surface area contributed by atoms with E-state index in [4.69, 9.17) is 9.84 Å². The highest BCUT2D eigenvalue weighted by atomic mass is 19.1. The van der Waals surface area contributed by atoms with Crippen LogP contribution in [0.25, 0.3) is 0 Å². The molecular formula is C12H17FO3. The fourth-order valence-corrected chi connectivity index (χ4v) is 1.32. The molecule has 2 atom stereocenters. The molecule has 2 N–H and O–H groups in total. The highest BCUT2D eigenvalue weighted by Gasteiger charge is 2.10. The van der Waals surface area contributed by atoms with Gasteiger partial charge in [0.15, 0.2) is 0 Å². The average molecular weight is 228 g/mol. The van der Waals surface area contributed by atoms with E-state index in [9.17, 15) is 9.50 Å². The maximum Gasteiger partial charge on any atom is 0.125 e. The van der Waals surface area contributed by atoms with Gasteiger partial charge in [0.2, 0.25) is 0 Å². The van der Waals surface area contributed by atoms with E-state index in [1.807, 2.05) is 0 Å². The maximum absolute atomic E-state index is 13.0. The first-order valence-corrected chi connectivity index (χ1v) is 5.29. The van der Waals surface area contributed by atoms with Crippen molar-refractivity contribution in [3.8, 4) is 5.75 Å².